The van der Waals surface area contributed by atoms with E-state index in [1.165, 1.54) is 0 Å². The molecular weight excluding hydrogens is 202 g/mol. The molecule has 0 radical (unpaired) electrons. The molecule has 0 bridgehead atoms. The number of carbonyl (C=O) groups is 1. The highest BCUT2D eigenvalue weighted by Crippen LogP contribution is 2.10. The molecule has 2 rings (SSSR count). The van der Waals surface area contributed by atoms with E-state index in [1.807, 2.05) is 38.1 Å². The highest BCUT2D eigenvalue weighted by atomic mass is 16.2. The number of imidazole rings is 1. The minimum absolute atomic E-state index is 0.148. The molecule has 1 aromatic carbocycles. The number of carbonyl (C=O) groups excluding carboxylic acids is 1. The average Bonchev–Trinajstić information content (AvgIpc) is 2.72. The Balaban J connectivity index is 2.23. The summed E-state index contributed by atoms with van der Waals surface area (Å²) in [5, 5.41) is 2.87. The lowest BCUT2D eigenvalue weighted by Crippen LogP contribution is -2.32. The largest absolute Gasteiger partial charge is 0.347 e. The van der Waals surface area contributed by atoms with Gasteiger partial charge in [-0.15, -0.1) is 0 Å². The highest BCUT2D eigenvalue weighted by Gasteiger charge is 2.12. The van der Waals surface area contributed by atoms with Crippen LogP contribution >= 0.6 is 0 Å². The van der Waals surface area contributed by atoms with Crippen molar-refractivity contribution in [2.45, 2.75) is 26.3 Å². The van der Waals surface area contributed by atoms with Crippen molar-refractivity contribution in [2.75, 3.05) is 0 Å². The first-order valence-electron chi connectivity index (χ1n) is 5.46. The number of nitrogens with zero attached hydrogens (tertiary/aromatic N) is 1. The van der Waals surface area contributed by atoms with E-state index >= 15 is 0 Å². The number of hydrogen-bond donors (Lipinski definition) is 2. The number of para-hydroxylation sites is 2. The molecule has 2 aromatic rings. The van der Waals surface area contributed by atoms with Gasteiger partial charge in [-0.1, -0.05) is 19.1 Å². The summed E-state index contributed by atoms with van der Waals surface area (Å²) in [6.07, 6.45) is 0.909. The van der Waals surface area contributed by atoms with Gasteiger partial charge in [0.15, 0.2) is 5.82 Å². The summed E-state index contributed by atoms with van der Waals surface area (Å²) in [6, 6.07) is 7.77. The van der Waals surface area contributed by atoms with Crippen molar-refractivity contribution >= 4 is 16.9 Å². The van der Waals surface area contributed by atoms with Crippen molar-refractivity contribution in [1.29, 1.82) is 0 Å². The number of nitrogens with one attached hydrogen (secondary N) is 2. The van der Waals surface area contributed by atoms with E-state index in [2.05, 4.69) is 15.3 Å². The monoisotopic (exact) mass is 217 g/mol. The van der Waals surface area contributed by atoms with Gasteiger partial charge in [-0.3, -0.25) is 4.79 Å². The Morgan fingerprint density at radius 2 is 2.25 bits per heavy atom. The SMILES string of the molecule is CCC(C)NC(=O)c1nc2ccccc2[nH]1. The fourth-order valence-electron chi connectivity index (χ4n) is 1.45. The Morgan fingerprint density at radius 3 is 2.94 bits per heavy atom. The molecule has 84 valence electrons. The standard InChI is InChI=1S/C12H15N3O/c1-3-8(2)13-12(16)11-14-9-6-4-5-7-10(9)15-11/h4-8H,3H2,1-2H3,(H,13,16)(H,14,15). The van der Waals surface area contributed by atoms with Crippen LogP contribution in [0.2, 0.25) is 0 Å². The number of aromatic nitrogens is 2. The molecule has 0 fully saturated rings. The molecule has 1 atom stereocenters. The van der Waals surface area contributed by atoms with Crippen LogP contribution in [-0.4, -0.2) is 21.9 Å². The molecule has 0 saturated heterocycles. The van der Waals surface area contributed by atoms with Crippen molar-refractivity contribution in [1.82, 2.24) is 15.3 Å². The van der Waals surface area contributed by atoms with E-state index in [0.717, 1.165) is 17.5 Å². The Bertz CT molecular complexity index is 471. The van der Waals surface area contributed by atoms with Crippen LogP contribution in [0.25, 0.3) is 11.0 Å². The van der Waals surface area contributed by atoms with E-state index in [1.54, 1.807) is 0 Å². The Kier molecular flexibility index (Phi) is 2.90. The minimum Gasteiger partial charge on any atom is -0.347 e. The Morgan fingerprint density at radius 1 is 1.50 bits per heavy atom. The topological polar surface area (TPSA) is 57.8 Å². The predicted octanol–water partition coefficient (Wildman–Crippen LogP) is 2.09. The number of H-pyrrole nitrogens is 1. The maximum Gasteiger partial charge on any atom is 0.287 e. The van der Waals surface area contributed by atoms with Crippen LogP contribution in [0.1, 0.15) is 30.9 Å². The van der Waals surface area contributed by atoms with E-state index < -0.39 is 0 Å². The van der Waals surface area contributed by atoms with Gasteiger partial charge in [0.25, 0.3) is 5.91 Å². The van der Waals surface area contributed by atoms with Gasteiger partial charge in [0, 0.05) is 6.04 Å². The summed E-state index contributed by atoms with van der Waals surface area (Å²) in [4.78, 5) is 19.0. The van der Waals surface area contributed by atoms with Crippen LogP contribution in [-0.2, 0) is 0 Å². The second-order valence-electron chi connectivity index (χ2n) is 3.89. The summed E-state index contributed by atoms with van der Waals surface area (Å²) in [6.45, 7) is 4.00. The maximum absolute atomic E-state index is 11.8. The first-order valence-corrected chi connectivity index (χ1v) is 5.46. The number of amides is 1. The lowest BCUT2D eigenvalue weighted by molar-refractivity contribution is 0.0930. The van der Waals surface area contributed by atoms with Crippen molar-refractivity contribution in [2.24, 2.45) is 0 Å². The second-order valence-corrected chi connectivity index (χ2v) is 3.89. The fraction of sp³-hybridized carbons (Fsp3) is 0.333. The quantitative estimate of drug-likeness (QED) is 0.827. The van der Waals surface area contributed by atoms with Crippen LogP contribution < -0.4 is 5.32 Å². The van der Waals surface area contributed by atoms with Gasteiger partial charge in [0.1, 0.15) is 0 Å². The molecule has 1 unspecified atom stereocenters. The van der Waals surface area contributed by atoms with Crippen LogP contribution in [0.15, 0.2) is 24.3 Å². The van der Waals surface area contributed by atoms with Crippen LogP contribution in [0, 0.1) is 0 Å². The van der Waals surface area contributed by atoms with Gasteiger partial charge >= 0.3 is 0 Å². The van der Waals surface area contributed by atoms with Crippen molar-refractivity contribution in [3.05, 3.63) is 30.1 Å². The van der Waals surface area contributed by atoms with Gasteiger partial charge in [-0.2, -0.15) is 0 Å². The van der Waals surface area contributed by atoms with Gasteiger partial charge in [0.05, 0.1) is 11.0 Å². The van der Waals surface area contributed by atoms with E-state index in [9.17, 15) is 4.79 Å². The van der Waals surface area contributed by atoms with Crippen molar-refractivity contribution in [3.63, 3.8) is 0 Å². The fourth-order valence-corrected chi connectivity index (χ4v) is 1.45. The normalized spacial score (nSPS) is 12.6. The third-order valence-corrected chi connectivity index (χ3v) is 2.59. The molecule has 0 aliphatic heterocycles. The molecule has 4 heteroatoms. The molecule has 1 amide bonds. The molecule has 0 spiro atoms. The molecule has 0 saturated carbocycles. The van der Waals surface area contributed by atoms with Crippen molar-refractivity contribution < 1.29 is 4.79 Å². The van der Waals surface area contributed by atoms with E-state index in [4.69, 9.17) is 0 Å². The summed E-state index contributed by atoms with van der Waals surface area (Å²) >= 11 is 0. The molecule has 0 aliphatic carbocycles. The minimum atomic E-state index is -0.148. The van der Waals surface area contributed by atoms with Crippen molar-refractivity contribution in [3.8, 4) is 0 Å². The number of aromatic amines is 1. The molecule has 1 heterocycles. The number of benzene rings is 1. The Labute approximate surface area is 94.1 Å². The zero-order chi connectivity index (χ0) is 11.5. The molecule has 0 aliphatic rings. The zero-order valence-electron chi connectivity index (χ0n) is 9.45. The lowest BCUT2D eigenvalue weighted by Gasteiger charge is -2.08. The number of fused-ring (bicyclic) bond motifs is 1. The zero-order valence-corrected chi connectivity index (χ0v) is 9.45. The third-order valence-electron chi connectivity index (χ3n) is 2.59. The number of rotatable bonds is 3. The molecular formula is C12H15N3O. The first kappa shape index (κ1) is 10.7. The van der Waals surface area contributed by atoms with Gasteiger partial charge in [-0.25, -0.2) is 4.98 Å². The van der Waals surface area contributed by atoms with Crippen LogP contribution in [0.4, 0.5) is 0 Å². The van der Waals surface area contributed by atoms with E-state index in [-0.39, 0.29) is 11.9 Å². The third kappa shape index (κ3) is 2.05. The van der Waals surface area contributed by atoms with Gasteiger partial charge < -0.3 is 10.3 Å². The Hall–Kier alpha value is -1.84. The highest BCUT2D eigenvalue weighted by molar-refractivity contribution is 5.94. The summed E-state index contributed by atoms with van der Waals surface area (Å²) in [5.74, 6) is 0.229. The average molecular weight is 217 g/mol. The van der Waals surface area contributed by atoms with Gasteiger partial charge in [-0.05, 0) is 25.5 Å². The smallest absolute Gasteiger partial charge is 0.287 e. The van der Waals surface area contributed by atoms with Crippen LogP contribution in [0.5, 0.6) is 0 Å². The molecule has 4 nitrogen and oxygen atoms in total. The molecule has 16 heavy (non-hydrogen) atoms. The van der Waals surface area contributed by atoms with Gasteiger partial charge in [0.2, 0.25) is 0 Å². The van der Waals surface area contributed by atoms with E-state index in [0.29, 0.717) is 5.82 Å². The molecule has 2 N–H and O–H groups in total. The summed E-state index contributed by atoms with van der Waals surface area (Å²) < 4.78 is 0. The maximum atomic E-state index is 11.8. The summed E-state index contributed by atoms with van der Waals surface area (Å²) in [5.41, 5.74) is 1.70. The van der Waals surface area contributed by atoms with Crippen LogP contribution in [0.3, 0.4) is 0 Å². The predicted molar refractivity (Wildman–Crippen MR) is 63.3 cm³/mol. The summed E-state index contributed by atoms with van der Waals surface area (Å²) in [7, 11) is 0. The second kappa shape index (κ2) is 4.35. The first-order chi connectivity index (χ1) is 7.70. The molecule has 1 aromatic heterocycles. The number of hydrogen-bond acceptors (Lipinski definition) is 2. The lowest BCUT2D eigenvalue weighted by atomic mass is 10.2.